The van der Waals surface area contributed by atoms with E-state index >= 15 is 0 Å². The van der Waals surface area contributed by atoms with E-state index in [1.54, 1.807) is 0 Å². The molecule has 0 aromatic carbocycles. The van der Waals surface area contributed by atoms with Gasteiger partial charge in [-0.25, -0.2) is 0 Å². The fourth-order valence-electron chi connectivity index (χ4n) is 1.26. The van der Waals surface area contributed by atoms with E-state index in [0.717, 1.165) is 13.1 Å². The Labute approximate surface area is 82.9 Å². The Bertz CT molecular complexity index is 226. The fraction of sp³-hybridized carbons (Fsp3) is 0.778. The van der Waals surface area contributed by atoms with E-state index in [-0.39, 0.29) is 24.2 Å². The third-order valence-corrected chi connectivity index (χ3v) is 2.30. The largest absolute Gasteiger partial charge is 0.481 e. The second-order valence-electron chi connectivity index (χ2n) is 3.80. The van der Waals surface area contributed by atoms with E-state index in [4.69, 9.17) is 5.11 Å². The second kappa shape index (κ2) is 4.95. The molecule has 0 aromatic heterocycles. The van der Waals surface area contributed by atoms with Gasteiger partial charge in [0.05, 0.1) is 5.92 Å². The van der Waals surface area contributed by atoms with Crippen LogP contribution in [0.5, 0.6) is 0 Å². The highest BCUT2D eigenvalue weighted by Crippen LogP contribution is 2.04. The highest BCUT2D eigenvalue weighted by molar-refractivity contribution is 5.80. The zero-order valence-corrected chi connectivity index (χ0v) is 8.25. The molecular formula is C9H16N2O3. The number of carbonyl (C=O) groups excluding carboxylic acids is 1. The van der Waals surface area contributed by atoms with Crippen molar-refractivity contribution in [1.82, 2.24) is 10.6 Å². The topological polar surface area (TPSA) is 78.4 Å². The summed E-state index contributed by atoms with van der Waals surface area (Å²) in [4.78, 5) is 21.6. The number of amides is 1. The Balaban J connectivity index is 2.12. The molecule has 80 valence electrons. The molecule has 3 N–H and O–H groups in total. The Morgan fingerprint density at radius 1 is 1.57 bits per heavy atom. The summed E-state index contributed by atoms with van der Waals surface area (Å²) in [6, 6.07) is 0. The number of carbonyl (C=O) groups is 2. The minimum Gasteiger partial charge on any atom is -0.481 e. The van der Waals surface area contributed by atoms with Gasteiger partial charge >= 0.3 is 5.97 Å². The smallest absolute Gasteiger partial charge is 0.303 e. The summed E-state index contributed by atoms with van der Waals surface area (Å²) in [5, 5.41) is 14.2. The minimum atomic E-state index is -0.822. The summed E-state index contributed by atoms with van der Waals surface area (Å²) >= 11 is 0. The molecule has 0 radical (unpaired) electrons. The van der Waals surface area contributed by atoms with Gasteiger partial charge < -0.3 is 15.7 Å². The molecule has 1 aliphatic heterocycles. The summed E-state index contributed by atoms with van der Waals surface area (Å²) in [7, 11) is 0. The van der Waals surface area contributed by atoms with Crippen LogP contribution in [0.1, 0.15) is 13.3 Å². The average molecular weight is 200 g/mol. The maximum atomic E-state index is 11.3. The molecular weight excluding hydrogens is 184 g/mol. The monoisotopic (exact) mass is 200 g/mol. The van der Waals surface area contributed by atoms with Crippen LogP contribution < -0.4 is 10.6 Å². The van der Waals surface area contributed by atoms with Gasteiger partial charge in [-0.1, -0.05) is 6.92 Å². The van der Waals surface area contributed by atoms with Crippen molar-refractivity contribution in [2.24, 2.45) is 11.8 Å². The lowest BCUT2D eigenvalue weighted by atomic mass is 10.0. The highest BCUT2D eigenvalue weighted by atomic mass is 16.4. The van der Waals surface area contributed by atoms with E-state index < -0.39 is 5.97 Å². The number of aliphatic carboxylic acids is 1. The maximum Gasteiger partial charge on any atom is 0.303 e. The highest BCUT2D eigenvalue weighted by Gasteiger charge is 2.24. The Morgan fingerprint density at radius 2 is 2.21 bits per heavy atom. The van der Waals surface area contributed by atoms with Gasteiger partial charge in [-0.3, -0.25) is 9.59 Å². The molecule has 1 atom stereocenters. The van der Waals surface area contributed by atoms with Crippen molar-refractivity contribution < 1.29 is 14.7 Å². The molecule has 1 heterocycles. The van der Waals surface area contributed by atoms with Gasteiger partial charge in [0.25, 0.3) is 0 Å². The number of nitrogens with one attached hydrogen (secondary N) is 2. The summed E-state index contributed by atoms with van der Waals surface area (Å²) in [6.07, 6.45) is 0.100. The third-order valence-electron chi connectivity index (χ3n) is 2.30. The molecule has 1 fully saturated rings. The zero-order valence-electron chi connectivity index (χ0n) is 8.25. The maximum absolute atomic E-state index is 11.3. The SMILES string of the molecule is CC(CNC(=O)C1CNC1)CC(=O)O. The first-order valence-electron chi connectivity index (χ1n) is 4.80. The second-order valence-corrected chi connectivity index (χ2v) is 3.80. The van der Waals surface area contributed by atoms with Gasteiger partial charge in [0.15, 0.2) is 0 Å². The molecule has 14 heavy (non-hydrogen) atoms. The fourth-order valence-corrected chi connectivity index (χ4v) is 1.26. The number of carboxylic acids is 1. The normalized spacial score (nSPS) is 18.4. The lowest BCUT2D eigenvalue weighted by Gasteiger charge is -2.26. The first-order chi connectivity index (χ1) is 6.59. The number of carboxylic acid groups (broad SMARTS) is 1. The molecule has 1 saturated heterocycles. The summed E-state index contributed by atoms with van der Waals surface area (Å²) in [5.74, 6) is -0.727. The molecule has 0 aliphatic carbocycles. The van der Waals surface area contributed by atoms with Gasteiger partial charge in [0.2, 0.25) is 5.91 Å². The lowest BCUT2D eigenvalue weighted by molar-refractivity contribution is -0.138. The first kappa shape index (κ1) is 11.0. The average Bonchev–Trinajstić information content (AvgIpc) is 1.96. The Hall–Kier alpha value is -1.10. The minimum absolute atomic E-state index is 0.00974. The molecule has 5 nitrogen and oxygen atoms in total. The zero-order chi connectivity index (χ0) is 10.6. The van der Waals surface area contributed by atoms with Crippen molar-refractivity contribution in [3.8, 4) is 0 Å². The van der Waals surface area contributed by atoms with Gasteiger partial charge in [-0.05, 0) is 5.92 Å². The van der Waals surface area contributed by atoms with E-state index in [9.17, 15) is 9.59 Å². The van der Waals surface area contributed by atoms with Crippen molar-refractivity contribution >= 4 is 11.9 Å². The summed E-state index contributed by atoms with van der Waals surface area (Å²) < 4.78 is 0. The quantitative estimate of drug-likeness (QED) is 0.555. The third kappa shape index (κ3) is 3.33. The van der Waals surface area contributed by atoms with Crippen LogP contribution in [-0.4, -0.2) is 36.6 Å². The van der Waals surface area contributed by atoms with Crippen LogP contribution in [0.2, 0.25) is 0 Å². The number of hydrogen-bond acceptors (Lipinski definition) is 3. The van der Waals surface area contributed by atoms with Crippen LogP contribution >= 0.6 is 0 Å². The lowest BCUT2D eigenvalue weighted by Crippen LogP contribution is -2.51. The molecule has 1 unspecified atom stereocenters. The Morgan fingerprint density at radius 3 is 2.64 bits per heavy atom. The molecule has 1 rings (SSSR count). The standard InChI is InChI=1S/C9H16N2O3/c1-6(2-8(12)13)3-11-9(14)7-4-10-5-7/h6-7,10H,2-5H2,1H3,(H,11,14)(H,12,13). The van der Waals surface area contributed by atoms with E-state index in [1.807, 2.05) is 6.92 Å². The van der Waals surface area contributed by atoms with Gasteiger partial charge in [0, 0.05) is 26.1 Å². The molecule has 0 bridgehead atoms. The van der Waals surface area contributed by atoms with Crippen LogP contribution in [0, 0.1) is 11.8 Å². The molecule has 0 aromatic rings. The van der Waals surface area contributed by atoms with Crippen LogP contribution in [0.3, 0.4) is 0 Å². The molecule has 0 spiro atoms. The number of rotatable bonds is 5. The van der Waals surface area contributed by atoms with Gasteiger partial charge in [-0.2, -0.15) is 0 Å². The molecule has 1 aliphatic rings. The molecule has 5 heteroatoms. The predicted octanol–water partition coefficient (Wildman–Crippen LogP) is -0.567. The Kier molecular flexibility index (Phi) is 3.88. The molecule has 0 saturated carbocycles. The van der Waals surface area contributed by atoms with Crippen molar-refractivity contribution in [2.45, 2.75) is 13.3 Å². The van der Waals surface area contributed by atoms with Crippen LogP contribution in [-0.2, 0) is 9.59 Å². The summed E-state index contributed by atoms with van der Waals surface area (Å²) in [6.45, 7) is 3.73. The van der Waals surface area contributed by atoms with E-state index in [1.165, 1.54) is 0 Å². The van der Waals surface area contributed by atoms with Gasteiger partial charge in [-0.15, -0.1) is 0 Å². The van der Waals surface area contributed by atoms with Crippen molar-refractivity contribution in [2.75, 3.05) is 19.6 Å². The van der Waals surface area contributed by atoms with Gasteiger partial charge in [0.1, 0.15) is 0 Å². The predicted molar refractivity (Wildman–Crippen MR) is 50.8 cm³/mol. The van der Waals surface area contributed by atoms with E-state index in [2.05, 4.69) is 10.6 Å². The van der Waals surface area contributed by atoms with Crippen LogP contribution in [0.15, 0.2) is 0 Å². The van der Waals surface area contributed by atoms with Crippen LogP contribution in [0.4, 0.5) is 0 Å². The van der Waals surface area contributed by atoms with Crippen molar-refractivity contribution in [3.05, 3.63) is 0 Å². The van der Waals surface area contributed by atoms with Crippen molar-refractivity contribution in [1.29, 1.82) is 0 Å². The van der Waals surface area contributed by atoms with Crippen molar-refractivity contribution in [3.63, 3.8) is 0 Å². The number of hydrogen-bond donors (Lipinski definition) is 3. The first-order valence-corrected chi connectivity index (χ1v) is 4.80. The molecule has 1 amide bonds. The summed E-state index contributed by atoms with van der Waals surface area (Å²) in [5.41, 5.74) is 0. The van der Waals surface area contributed by atoms with Crippen LogP contribution in [0.25, 0.3) is 0 Å². The van der Waals surface area contributed by atoms with E-state index in [0.29, 0.717) is 6.54 Å².